The van der Waals surface area contributed by atoms with E-state index in [2.05, 4.69) is 46.9 Å². The summed E-state index contributed by atoms with van der Waals surface area (Å²) >= 11 is 0. The summed E-state index contributed by atoms with van der Waals surface area (Å²) in [5.41, 5.74) is 0. The monoisotopic (exact) mass is 171 g/mol. The zero-order chi connectivity index (χ0) is 9.72. The Morgan fingerprint density at radius 1 is 0.917 bits per heavy atom. The molecule has 2 unspecified atom stereocenters. The van der Waals surface area contributed by atoms with Gasteiger partial charge in [0.15, 0.2) is 0 Å². The van der Waals surface area contributed by atoms with Crippen molar-refractivity contribution < 1.29 is 0 Å². The molecule has 1 heteroatoms. The predicted molar refractivity (Wildman–Crippen MR) is 56.4 cm³/mol. The van der Waals surface area contributed by atoms with E-state index in [1.807, 2.05) is 0 Å². The Kier molecular flexibility index (Phi) is 5.56. The first kappa shape index (κ1) is 12.0. The van der Waals surface area contributed by atoms with Crippen molar-refractivity contribution in [1.29, 1.82) is 0 Å². The van der Waals surface area contributed by atoms with Crippen molar-refractivity contribution >= 4 is 0 Å². The van der Waals surface area contributed by atoms with Gasteiger partial charge in [0, 0.05) is 12.1 Å². The lowest BCUT2D eigenvalue weighted by Gasteiger charge is -2.24. The number of hydrogen-bond donors (Lipinski definition) is 1. The molecule has 2 atom stereocenters. The molecular weight excluding hydrogens is 146 g/mol. The van der Waals surface area contributed by atoms with Crippen molar-refractivity contribution in [2.24, 2.45) is 11.8 Å². The second kappa shape index (κ2) is 5.58. The Morgan fingerprint density at radius 2 is 1.42 bits per heavy atom. The van der Waals surface area contributed by atoms with E-state index in [0.717, 1.165) is 11.8 Å². The van der Waals surface area contributed by atoms with E-state index in [1.165, 1.54) is 6.42 Å². The van der Waals surface area contributed by atoms with Crippen molar-refractivity contribution in [3.05, 3.63) is 0 Å². The summed E-state index contributed by atoms with van der Waals surface area (Å²) in [5.74, 6) is 1.60. The average molecular weight is 171 g/mol. The van der Waals surface area contributed by atoms with Gasteiger partial charge in [0.05, 0.1) is 0 Å². The molecule has 0 aromatic rings. The van der Waals surface area contributed by atoms with Gasteiger partial charge in [-0.3, -0.25) is 0 Å². The molecule has 0 rings (SSSR count). The summed E-state index contributed by atoms with van der Waals surface area (Å²) in [4.78, 5) is 0. The van der Waals surface area contributed by atoms with Gasteiger partial charge in [-0.1, -0.05) is 34.6 Å². The predicted octanol–water partition coefficient (Wildman–Crippen LogP) is 3.06. The first-order valence-electron chi connectivity index (χ1n) is 5.19. The normalized spacial score (nSPS) is 17.0. The maximum absolute atomic E-state index is 3.55. The summed E-state index contributed by atoms with van der Waals surface area (Å²) < 4.78 is 0. The fraction of sp³-hybridized carbons (Fsp3) is 1.00. The second-order valence-corrected chi connectivity index (χ2v) is 4.72. The van der Waals surface area contributed by atoms with Crippen molar-refractivity contribution in [2.45, 2.75) is 60.0 Å². The van der Waals surface area contributed by atoms with E-state index in [9.17, 15) is 0 Å². The zero-order valence-corrected chi connectivity index (χ0v) is 9.52. The molecule has 0 bridgehead atoms. The summed E-state index contributed by atoms with van der Waals surface area (Å²) in [6.07, 6.45) is 1.32. The van der Waals surface area contributed by atoms with Crippen molar-refractivity contribution in [3.8, 4) is 0 Å². The molecule has 0 saturated heterocycles. The molecule has 0 heterocycles. The van der Waals surface area contributed by atoms with Crippen molar-refractivity contribution in [2.75, 3.05) is 0 Å². The van der Waals surface area contributed by atoms with Crippen molar-refractivity contribution in [1.82, 2.24) is 5.32 Å². The largest absolute Gasteiger partial charge is 0.312 e. The molecule has 74 valence electrons. The van der Waals surface area contributed by atoms with Gasteiger partial charge in [-0.05, 0) is 25.2 Å². The Bertz CT molecular complexity index is 93.6. The highest BCUT2D eigenvalue weighted by Crippen LogP contribution is 2.14. The highest BCUT2D eigenvalue weighted by Gasteiger charge is 2.13. The Balaban J connectivity index is 3.68. The van der Waals surface area contributed by atoms with Gasteiger partial charge in [0.2, 0.25) is 0 Å². The minimum absolute atomic E-state index is 0.606. The smallest absolute Gasteiger partial charge is 0.00668 e. The Morgan fingerprint density at radius 3 is 1.75 bits per heavy atom. The molecule has 0 aromatic heterocycles. The fourth-order valence-corrected chi connectivity index (χ4v) is 1.64. The third kappa shape index (κ3) is 5.59. The molecular formula is C11H25N. The number of nitrogens with one attached hydrogen (secondary N) is 1. The summed E-state index contributed by atoms with van der Waals surface area (Å²) in [6.45, 7) is 13.6. The topological polar surface area (TPSA) is 12.0 Å². The van der Waals surface area contributed by atoms with Crippen LogP contribution in [0.15, 0.2) is 0 Å². The maximum Gasteiger partial charge on any atom is 0.00668 e. The summed E-state index contributed by atoms with van der Waals surface area (Å²) in [7, 11) is 0. The van der Waals surface area contributed by atoms with Crippen LogP contribution >= 0.6 is 0 Å². The van der Waals surface area contributed by atoms with E-state index in [0.29, 0.717) is 12.1 Å². The van der Waals surface area contributed by atoms with Crippen LogP contribution in [0.2, 0.25) is 0 Å². The van der Waals surface area contributed by atoms with Gasteiger partial charge in [0.1, 0.15) is 0 Å². The summed E-state index contributed by atoms with van der Waals surface area (Å²) in [6, 6.07) is 1.25. The quantitative estimate of drug-likeness (QED) is 0.670. The number of hydrogen-bond acceptors (Lipinski definition) is 1. The van der Waals surface area contributed by atoms with Crippen LogP contribution in [0, 0.1) is 11.8 Å². The molecule has 0 fully saturated rings. The van der Waals surface area contributed by atoms with Gasteiger partial charge in [-0.15, -0.1) is 0 Å². The minimum Gasteiger partial charge on any atom is -0.312 e. The highest BCUT2D eigenvalue weighted by molar-refractivity contribution is 4.71. The number of rotatable bonds is 5. The first-order valence-corrected chi connectivity index (χ1v) is 5.19. The molecule has 1 nitrogen and oxygen atoms in total. The van der Waals surface area contributed by atoms with E-state index in [1.54, 1.807) is 0 Å². The molecule has 0 saturated carbocycles. The van der Waals surface area contributed by atoms with Crippen LogP contribution in [0.25, 0.3) is 0 Å². The van der Waals surface area contributed by atoms with Gasteiger partial charge in [-0.2, -0.15) is 0 Å². The molecule has 0 aromatic carbocycles. The van der Waals surface area contributed by atoms with Crippen LogP contribution in [-0.4, -0.2) is 12.1 Å². The lowest BCUT2D eigenvalue weighted by Crippen LogP contribution is -2.37. The molecule has 1 N–H and O–H groups in total. The minimum atomic E-state index is 0.606. The van der Waals surface area contributed by atoms with E-state index in [-0.39, 0.29) is 0 Å². The van der Waals surface area contributed by atoms with Crippen LogP contribution < -0.4 is 5.32 Å². The van der Waals surface area contributed by atoms with Crippen LogP contribution in [0.3, 0.4) is 0 Å². The van der Waals surface area contributed by atoms with Gasteiger partial charge < -0.3 is 5.32 Å². The average Bonchev–Trinajstić information content (AvgIpc) is 1.84. The van der Waals surface area contributed by atoms with Crippen molar-refractivity contribution in [3.63, 3.8) is 0 Å². The van der Waals surface area contributed by atoms with Crippen LogP contribution in [0.4, 0.5) is 0 Å². The molecule has 0 aliphatic heterocycles. The van der Waals surface area contributed by atoms with E-state index < -0.39 is 0 Å². The fourth-order valence-electron chi connectivity index (χ4n) is 1.64. The standard InChI is InChI=1S/C11H25N/c1-8(2)7-10(5)11(6)12-9(3)4/h8-12H,7H2,1-6H3. The molecule has 0 spiro atoms. The first-order chi connectivity index (χ1) is 5.43. The lowest BCUT2D eigenvalue weighted by molar-refractivity contribution is 0.324. The second-order valence-electron chi connectivity index (χ2n) is 4.72. The Labute approximate surface area is 77.9 Å². The zero-order valence-electron chi connectivity index (χ0n) is 9.52. The maximum atomic E-state index is 3.55. The van der Waals surface area contributed by atoms with E-state index in [4.69, 9.17) is 0 Å². The van der Waals surface area contributed by atoms with Crippen LogP contribution in [0.1, 0.15) is 48.0 Å². The Hall–Kier alpha value is -0.0400. The van der Waals surface area contributed by atoms with Gasteiger partial charge in [-0.25, -0.2) is 0 Å². The molecule has 0 aliphatic carbocycles. The van der Waals surface area contributed by atoms with E-state index >= 15 is 0 Å². The molecule has 0 radical (unpaired) electrons. The highest BCUT2D eigenvalue weighted by atomic mass is 14.9. The molecule has 0 amide bonds. The third-order valence-electron chi connectivity index (χ3n) is 2.29. The molecule has 0 aliphatic rings. The van der Waals surface area contributed by atoms with Crippen LogP contribution in [0.5, 0.6) is 0 Å². The van der Waals surface area contributed by atoms with Crippen LogP contribution in [-0.2, 0) is 0 Å². The third-order valence-corrected chi connectivity index (χ3v) is 2.29. The molecule has 12 heavy (non-hydrogen) atoms. The lowest BCUT2D eigenvalue weighted by atomic mass is 9.93. The van der Waals surface area contributed by atoms with Gasteiger partial charge >= 0.3 is 0 Å². The van der Waals surface area contributed by atoms with Gasteiger partial charge in [0.25, 0.3) is 0 Å². The SMILES string of the molecule is CC(C)CC(C)C(C)NC(C)C. The summed E-state index contributed by atoms with van der Waals surface area (Å²) in [5, 5.41) is 3.55.